The zero-order valence-corrected chi connectivity index (χ0v) is 38.4. The Kier molecular flexibility index (Phi) is 17.3. The molecule has 3 aliphatic rings. The fourth-order valence-corrected chi connectivity index (χ4v) is 7.42. The number of ether oxygens (including phenoxy) is 7. The van der Waals surface area contributed by atoms with E-state index in [1.54, 1.807) is 41.5 Å². The van der Waals surface area contributed by atoms with E-state index in [0.29, 0.717) is 0 Å². The molecule has 0 aromatic carbocycles. The average molecular weight is 922 g/mol. The molecule has 1 saturated heterocycles. The van der Waals surface area contributed by atoms with Gasteiger partial charge in [-0.2, -0.15) is 0 Å². The van der Waals surface area contributed by atoms with Crippen LogP contribution in [0.2, 0.25) is 0 Å². The molecule has 0 radical (unpaired) electrons. The fourth-order valence-electron chi connectivity index (χ4n) is 7.42. The highest BCUT2D eigenvalue weighted by atomic mass is 16.7. The average Bonchev–Trinajstić information content (AvgIpc) is 3.15. The number of nitrogens with two attached hydrogens (primary N) is 5. The molecule has 2 heterocycles. The van der Waals surface area contributed by atoms with Gasteiger partial charge in [-0.1, -0.05) is 0 Å². The van der Waals surface area contributed by atoms with Crippen LogP contribution in [0.15, 0.2) is 11.8 Å². The largest absolute Gasteiger partial charge is 0.466 e. The van der Waals surface area contributed by atoms with Crippen molar-refractivity contribution in [1.29, 1.82) is 0 Å². The molecule has 0 aromatic rings. The molecule has 1 saturated carbocycles. The minimum Gasteiger partial charge on any atom is -0.466 e. The molecule has 368 valence electrons. The van der Waals surface area contributed by atoms with Crippen LogP contribution in [0.3, 0.4) is 0 Å². The number of hydrogen-bond donors (Lipinski definition) is 12. The quantitative estimate of drug-likeness (QED) is 0.0545. The monoisotopic (exact) mass is 921 g/mol. The molecule has 17 N–H and O–H groups in total. The molecule has 1 aliphatic carbocycles. The van der Waals surface area contributed by atoms with Crippen LogP contribution in [0.1, 0.15) is 82.1 Å². The van der Waals surface area contributed by atoms with Crippen molar-refractivity contribution in [3.8, 4) is 0 Å². The summed E-state index contributed by atoms with van der Waals surface area (Å²) in [6.45, 7) is 14.0. The van der Waals surface area contributed by atoms with Crippen LogP contribution >= 0.6 is 0 Å². The SMILES string of the molecule is CN[C@]1(C(=O)OC(C)(C)C)[C@@H](O)[C@@H](O[C@@H]2[C@@H](O)[C@H](O[C@H]3OC(C(N)C(=O)C(O)CNC(=O)OC(C)(C)C)=CC[C@H]3N)[C@@H](N)C[C@]2(N)C(=O)C(O)C(N)C(=O)OC(C)(C)C)OC[C@]1(C)O. The lowest BCUT2D eigenvalue weighted by Gasteiger charge is -2.54. The van der Waals surface area contributed by atoms with Crippen molar-refractivity contribution in [2.24, 2.45) is 28.7 Å². The van der Waals surface area contributed by atoms with Crippen LogP contribution in [0.4, 0.5) is 4.79 Å². The van der Waals surface area contributed by atoms with Crippen molar-refractivity contribution < 1.29 is 82.7 Å². The lowest BCUT2D eigenvalue weighted by Crippen LogP contribution is -2.80. The molecule has 64 heavy (non-hydrogen) atoms. The Morgan fingerprint density at radius 2 is 1.45 bits per heavy atom. The smallest absolute Gasteiger partial charge is 0.407 e. The predicted molar refractivity (Wildman–Crippen MR) is 223 cm³/mol. The third-order valence-electron chi connectivity index (χ3n) is 10.6. The van der Waals surface area contributed by atoms with E-state index in [4.69, 9.17) is 61.8 Å². The Bertz CT molecular complexity index is 1730. The van der Waals surface area contributed by atoms with Gasteiger partial charge in [0.15, 0.2) is 23.4 Å². The molecular weight excluding hydrogens is 850 g/mol. The summed E-state index contributed by atoms with van der Waals surface area (Å²) in [5.41, 5.74) is 21.6. The molecule has 15 atom stereocenters. The van der Waals surface area contributed by atoms with Crippen molar-refractivity contribution >= 4 is 29.6 Å². The first-order valence-electron chi connectivity index (χ1n) is 20.8. The van der Waals surface area contributed by atoms with E-state index in [9.17, 15) is 49.5 Å². The Hall–Kier alpha value is -3.47. The number of amides is 1. The second-order valence-electron chi connectivity index (χ2n) is 19.7. The Labute approximate surface area is 372 Å². The maximum absolute atomic E-state index is 14.3. The highest BCUT2D eigenvalue weighted by Crippen LogP contribution is 2.40. The van der Waals surface area contributed by atoms with Gasteiger partial charge in [0.2, 0.25) is 6.29 Å². The first-order valence-corrected chi connectivity index (χ1v) is 20.8. The Morgan fingerprint density at radius 1 is 0.891 bits per heavy atom. The third kappa shape index (κ3) is 12.5. The van der Waals surface area contributed by atoms with Gasteiger partial charge in [-0.25, -0.2) is 9.59 Å². The second kappa shape index (κ2) is 20.2. The van der Waals surface area contributed by atoms with E-state index in [-0.39, 0.29) is 12.2 Å². The molecule has 2 fully saturated rings. The first-order chi connectivity index (χ1) is 29.0. The minimum atomic E-state index is -2.59. The van der Waals surface area contributed by atoms with E-state index >= 15 is 0 Å². The van der Waals surface area contributed by atoms with Gasteiger partial charge in [0.25, 0.3) is 0 Å². The van der Waals surface area contributed by atoms with Crippen LogP contribution in [0.5, 0.6) is 0 Å². The maximum atomic E-state index is 14.3. The van der Waals surface area contributed by atoms with Crippen molar-refractivity contribution in [2.45, 2.75) is 189 Å². The molecule has 4 unspecified atom stereocenters. The molecule has 2 aliphatic heterocycles. The number of aliphatic hydroxyl groups is 5. The minimum absolute atomic E-state index is 0.0297. The van der Waals surface area contributed by atoms with Gasteiger partial charge in [0.1, 0.15) is 82.4 Å². The molecule has 24 heteroatoms. The van der Waals surface area contributed by atoms with E-state index in [1.165, 1.54) is 40.8 Å². The number of hydrogen-bond acceptors (Lipinski definition) is 23. The summed E-state index contributed by atoms with van der Waals surface area (Å²) in [7, 11) is 1.25. The summed E-state index contributed by atoms with van der Waals surface area (Å²) < 4.78 is 39.7. The van der Waals surface area contributed by atoms with Gasteiger partial charge in [0, 0.05) is 6.04 Å². The normalized spacial score (nSPS) is 34.5. The number of carbonyl (C=O) groups is 5. The number of Topliss-reactive ketones (excluding diaryl/α,β-unsaturated/α-hetero) is 2. The zero-order valence-electron chi connectivity index (χ0n) is 38.4. The number of rotatable bonds is 15. The first kappa shape index (κ1) is 54.9. The number of ketones is 2. The van der Waals surface area contributed by atoms with E-state index in [2.05, 4.69) is 10.6 Å². The maximum Gasteiger partial charge on any atom is 0.407 e. The Morgan fingerprint density at radius 3 is 1.98 bits per heavy atom. The highest BCUT2D eigenvalue weighted by molar-refractivity contribution is 5.97. The molecule has 1 amide bonds. The predicted octanol–water partition coefficient (Wildman–Crippen LogP) is -4.35. The number of likely N-dealkylation sites (N-methyl/N-ethyl adjacent to an activating group) is 1. The van der Waals surface area contributed by atoms with Gasteiger partial charge in [-0.3, -0.25) is 14.4 Å². The number of nitrogens with one attached hydrogen (secondary N) is 2. The second-order valence-corrected chi connectivity index (χ2v) is 19.7. The van der Waals surface area contributed by atoms with E-state index in [1.807, 2.05) is 0 Å². The number of esters is 2. The molecule has 0 aromatic heterocycles. The number of aliphatic hydroxyl groups excluding tert-OH is 4. The summed E-state index contributed by atoms with van der Waals surface area (Å²) in [4.78, 5) is 66.2. The van der Waals surface area contributed by atoms with Gasteiger partial charge in [-0.15, -0.1) is 0 Å². The van der Waals surface area contributed by atoms with Crippen LogP contribution in [-0.2, 0) is 52.3 Å². The fraction of sp³-hybridized carbons (Fsp3) is 0.825. The van der Waals surface area contributed by atoms with E-state index in [0.717, 1.165) is 0 Å². The van der Waals surface area contributed by atoms with Crippen molar-refractivity contribution in [1.82, 2.24) is 10.6 Å². The third-order valence-corrected chi connectivity index (χ3v) is 10.6. The molecule has 0 bridgehead atoms. The Balaban J connectivity index is 2.00. The zero-order chi connectivity index (χ0) is 49.3. The van der Waals surface area contributed by atoms with Crippen LogP contribution in [0.25, 0.3) is 0 Å². The van der Waals surface area contributed by atoms with Crippen molar-refractivity contribution in [3.63, 3.8) is 0 Å². The molecule has 3 rings (SSSR count). The van der Waals surface area contributed by atoms with Crippen LogP contribution in [-0.4, -0.2) is 182 Å². The number of alkyl carbamates (subject to hydrolysis) is 1. The summed E-state index contributed by atoms with van der Waals surface area (Å²) in [5, 5.41) is 62.2. The summed E-state index contributed by atoms with van der Waals surface area (Å²) in [6.07, 6.45) is -16.0. The number of carbonyl (C=O) groups excluding carboxylic acids is 5. The highest BCUT2D eigenvalue weighted by Gasteiger charge is 2.67. The van der Waals surface area contributed by atoms with Gasteiger partial charge in [0.05, 0.1) is 19.2 Å². The van der Waals surface area contributed by atoms with Gasteiger partial charge in [-0.05, 0) is 95.2 Å². The van der Waals surface area contributed by atoms with Gasteiger partial charge < -0.3 is 98.0 Å². The lowest BCUT2D eigenvalue weighted by atomic mass is 9.69. The summed E-state index contributed by atoms with van der Waals surface area (Å²) in [5.74, 6) is -4.86. The summed E-state index contributed by atoms with van der Waals surface area (Å²) >= 11 is 0. The van der Waals surface area contributed by atoms with Crippen LogP contribution < -0.4 is 39.3 Å². The topological polar surface area (TPSA) is 405 Å². The van der Waals surface area contributed by atoms with E-state index < -0.39 is 156 Å². The standard InChI is InChI=1S/C40H71N7O17/c1-35(2,3)62-30(54)22(44)24(50)27(52)39(45)14-18(42)26(25(51)29(39)61-32-28(53)40(46-11,38(10,57)16-58-32)33(55)63-36(4,5)6)60-31-17(41)12-13-20(59-31)21(43)23(49)19(48)15-47-34(56)64-37(7,8)9/h13,17-19,21-22,24-26,28-29,31-32,46,48,50-51,53,57H,12,14-16,41-45H2,1-11H3,(H,47,56)/t17-,18+,19?,21?,22?,24?,25+,26-,28+,29-,31-,32-,38+,39+,40+/m1/s1. The molecule has 0 spiro atoms. The van der Waals surface area contributed by atoms with Crippen molar-refractivity contribution in [2.75, 3.05) is 20.2 Å². The van der Waals surface area contributed by atoms with Gasteiger partial charge >= 0.3 is 18.0 Å². The van der Waals surface area contributed by atoms with Crippen LogP contribution in [0, 0.1) is 0 Å². The van der Waals surface area contributed by atoms with Crippen molar-refractivity contribution in [3.05, 3.63) is 11.8 Å². The summed E-state index contributed by atoms with van der Waals surface area (Å²) in [6, 6.07) is -6.08. The lowest BCUT2D eigenvalue weighted by molar-refractivity contribution is -0.323. The molecular formula is C40H71N7O17. The molecule has 24 nitrogen and oxygen atoms in total.